The van der Waals surface area contributed by atoms with Crippen LogP contribution in [0.4, 0.5) is 0 Å². The summed E-state index contributed by atoms with van der Waals surface area (Å²) in [5.74, 6) is 0. The van der Waals surface area contributed by atoms with Crippen molar-refractivity contribution in [3.8, 4) is 0 Å². The van der Waals surface area contributed by atoms with E-state index in [-0.39, 0.29) is 5.54 Å². The van der Waals surface area contributed by atoms with Crippen molar-refractivity contribution in [2.45, 2.75) is 18.4 Å². The van der Waals surface area contributed by atoms with Gasteiger partial charge in [0.05, 0.1) is 0 Å². The average Bonchev–Trinajstić information content (AvgIpc) is 2.99. The zero-order chi connectivity index (χ0) is 10.9. The Morgan fingerprint density at radius 1 is 1.47 bits per heavy atom. The van der Waals surface area contributed by atoms with E-state index in [1.807, 2.05) is 12.1 Å². The lowest BCUT2D eigenvalue weighted by atomic mass is 10.0. The van der Waals surface area contributed by atoms with Crippen LogP contribution in [0, 0.1) is 0 Å². The quantitative estimate of drug-likeness (QED) is 0.850. The van der Waals surface area contributed by atoms with Gasteiger partial charge in [-0.1, -0.05) is 23.7 Å². The molecule has 0 aromatic heterocycles. The van der Waals surface area contributed by atoms with E-state index in [0.717, 1.165) is 11.6 Å². The molecule has 0 bridgehead atoms. The Morgan fingerprint density at radius 2 is 2.20 bits per heavy atom. The van der Waals surface area contributed by atoms with Gasteiger partial charge in [0, 0.05) is 23.7 Å². The van der Waals surface area contributed by atoms with Crippen LogP contribution in [0.25, 0.3) is 0 Å². The first-order valence-electron chi connectivity index (χ1n) is 5.36. The summed E-state index contributed by atoms with van der Waals surface area (Å²) < 4.78 is 0. The topological polar surface area (TPSA) is 29.3 Å². The lowest BCUT2D eigenvalue weighted by Crippen LogP contribution is -2.35. The van der Waals surface area contributed by atoms with Crippen LogP contribution in [-0.2, 0) is 5.54 Å². The standard InChI is InChI=1S/C12H17ClN2/c1-15(8-7-14)12(5-6-12)10-3-2-4-11(13)9-10/h2-4,9H,5-8,14H2,1H3. The third-order valence-corrected chi connectivity index (χ3v) is 3.52. The number of hydrogen-bond donors (Lipinski definition) is 1. The molecular weight excluding hydrogens is 208 g/mol. The number of benzene rings is 1. The molecular formula is C12H17ClN2. The molecule has 0 radical (unpaired) electrons. The summed E-state index contributed by atoms with van der Waals surface area (Å²) in [6.07, 6.45) is 2.42. The molecule has 0 spiro atoms. The van der Waals surface area contributed by atoms with Gasteiger partial charge in [0.15, 0.2) is 0 Å². The highest BCUT2D eigenvalue weighted by Crippen LogP contribution is 2.50. The highest BCUT2D eigenvalue weighted by Gasteiger charge is 2.47. The van der Waals surface area contributed by atoms with Crippen LogP contribution in [0.15, 0.2) is 24.3 Å². The van der Waals surface area contributed by atoms with Crippen LogP contribution in [0.3, 0.4) is 0 Å². The third-order valence-electron chi connectivity index (χ3n) is 3.28. The molecule has 0 unspecified atom stereocenters. The van der Waals surface area contributed by atoms with Gasteiger partial charge in [-0.2, -0.15) is 0 Å². The van der Waals surface area contributed by atoms with E-state index in [4.69, 9.17) is 17.3 Å². The van der Waals surface area contributed by atoms with Crippen LogP contribution in [0.5, 0.6) is 0 Å². The Hall–Kier alpha value is -0.570. The number of rotatable bonds is 4. The average molecular weight is 225 g/mol. The monoisotopic (exact) mass is 224 g/mol. The van der Waals surface area contributed by atoms with Crippen molar-refractivity contribution in [3.63, 3.8) is 0 Å². The van der Waals surface area contributed by atoms with E-state index in [0.29, 0.717) is 6.54 Å². The molecule has 3 heteroatoms. The maximum absolute atomic E-state index is 6.02. The predicted octanol–water partition coefficient (Wildman–Crippen LogP) is 2.22. The normalized spacial score (nSPS) is 18.1. The molecule has 0 heterocycles. The molecule has 0 saturated heterocycles. The first-order valence-corrected chi connectivity index (χ1v) is 5.74. The number of likely N-dealkylation sites (N-methyl/N-ethyl adjacent to an activating group) is 1. The number of hydrogen-bond acceptors (Lipinski definition) is 2. The smallest absolute Gasteiger partial charge is 0.0460 e. The van der Waals surface area contributed by atoms with Gasteiger partial charge >= 0.3 is 0 Å². The maximum atomic E-state index is 6.02. The number of nitrogens with two attached hydrogens (primary N) is 1. The molecule has 15 heavy (non-hydrogen) atoms. The van der Waals surface area contributed by atoms with Crippen molar-refractivity contribution in [3.05, 3.63) is 34.9 Å². The van der Waals surface area contributed by atoms with Crippen molar-refractivity contribution >= 4 is 11.6 Å². The summed E-state index contributed by atoms with van der Waals surface area (Å²) >= 11 is 6.02. The summed E-state index contributed by atoms with van der Waals surface area (Å²) in [5, 5.41) is 0.819. The van der Waals surface area contributed by atoms with Crippen LogP contribution in [0.2, 0.25) is 5.02 Å². The fourth-order valence-electron chi connectivity index (χ4n) is 2.19. The van der Waals surface area contributed by atoms with Crippen LogP contribution in [0.1, 0.15) is 18.4 Å². The number of nitrogens with zero attached hydrogens (tertiary/aromatic N) is 1. The first kappa shape index (κ1) is 10.9. The predicted molar refractivity (Wildman–Crippen MR) is 64.0 cm³/mol. The fourth-order valence-corrected chi connectivity index (χ4v) is 2.39. The summed E-state index contributed by atoms with van der Waals surface area (Å²) in [4.78, 5) is 2.35. The molecule has 0 amide bonds. The Morgan fingerprint density at radius 3 is 2.73 bits per heavy atom. The summed E-state index contributed by atoms with van der Waals surface area (Å²) in [6.45, 7) is 1.64. The molecule has 82 valence electrons. The molecule has 1 aliphatic carbocycles. The third kappa shape index (κ3) is 2.03. The van der Waals surface area contributed by atoms with Crippen molar-refractivity contribution < 1.29 is 0 Å². The van der Waals surface area contributed by atoms with E-state index in [1.165, 1.54) is 18.4 Å². The zero-order valence-corrected chi connectivity index (χ0v) is 9.80. The second kappa shape index (κ2) is 4.12. The molecule has 1 aliphatic rings. The van der Waals surface area contributed by atoms with Gasteiger partial charge in [0.1, 0.15) is 0 Å². The Kier molecular flexibility index (Phi) is 3.01. The molecule has 2 N–H and O–H groups in total. The summed E-state index contributed by atoms with van der Waals surface area (Å²) in [6, 6.07) is 8.17. The second-order valence-corrected chi connectivity index (χ2v) is 4.69. The van der Waals surface area contributed by atoms with Gasteiger partial charge in [0.25, 0.3) is 0 Å². The van der Waals surface area contributed by atoms with Crippen molar-refractivity contribution in [1.82, 2.24) is 4.90 Å². The van der Waals surface area contributed by atoms with Gasteiger partial charge in [-0.25, -0.2) is 0 Å². The highest BCUT2D eigenvalue weighted by atomic mass is 35.5. The summed E-state index contributed by atoms with van der Waals surface area (Å²) in [5.41, 5.74) is 7.13. The van der Waals surface area contributed by atoms with E-state index in [9.17, 15) is 0 Å². The molecule has 1 fully saturated rings. The summed E-state index contributed by atoms with van der Waals surface area (Å²) in [7, 11) is 2.14. The van der Waals surface area contributed by atoms with Gasteiger partial charge in [-0.15, -0.1) is 0 Å². The Labute approximate surface area is 96.0 Å². The lowest BCUT2D eigenvalue weighted by molar-refractivity contribution is 0.229. The Bertz CT molecular complexity index is 347. The van der Waals surface area contributed by atoms with Crippen molar-refractivity contribution in [2.75, 3.05) is 20.1 Å². The van der Waals surface area contributed by atoms with E-state index < -0.39 is 0 Å². The molecule has 1 saturated carbocycles. The van der Waals surface area contributed by atoms with Crippen LogP contribution < -0.4 is 5.73 Å². The van der Waals surface area contributed by atoms with Gasteiger partial charge in [-0.3, -0.25) is 4.90 Å². The molecule has 2 rings (SSSR count). The maximum Gasteiger partial charge on any atom is 0.0460 e. The molecule has 0 atom stereocenters. The largest absolute Gasteiger partial charge is 0.329 e. The fraction of sp³-hybridized carbons (Fsp3) is 0.500. The highest BCUT2D eigenvalue weighted by molar-refractivity contribution is 6.30. The molecule has 1 aromatic carbocycles. The van der Waals surface area contributed by atoms with E-state index in [1.54, 1.807) is 0 Å². The zero-order valence-electron chi connectivity index (χ0n) is 9.04. The van der Waals surface area contributed by atoms with Gasteiger partial charge in [-0.05, 0) is 37.6 Å². The minimum Gasteiger partial charge on any atom is -0.329 e. The van der Waals surface area contributed by atoms with E-state index in [2.05, 4.69) is 24.1 Å². The van der Waals surface area contributed by atoms with Crippen molar-refractivity contribution in [2.24, 2.45) is 5.73 Å². The molecule has 0 aliphatic heterocycles. The minimum absolute atomic E-state index is 0.213. The molecule has 2 nitrogen and oxygen atoms in total. The molecule has 1 aromatic rings. The lowest BCUT2D eigenvalue weighted by Gasteiger charge is -2.28. The Balaban J connectivity index is 2.22. The second-order valence-electron chi connectivity index (χ2n) is 4.25. The minimum atomic E-state index is 0.213. The van der Waals surface area contributed by atoms with Crippen molar-refractivity contribution in [1.29, 1.82) is 0 Å². The van der Waals surface area contributed by atoms with Crippen LogP contribution >= 0.6 is 11.6 Å². The first-order chi connectivity index (χ1) is 7.19. The number of halogens is 1. The van der Waals surface area contributed by atoms with Gasteiger partial charge in [0.2, 0.25) is 0 Å². The van der Waals surface area contributed by atoms with E-state index >= 15 is 0 Å². The SMILES string of the molecule is CN(CCN)C1(c2cccc(Cl)c2)CC1. The van der Waals surface area contributed by atoms with Crippen LogP contribution in [-0.4, -0.2) is 25.0 Å². The van der Waals surface area contributed by atoms with Gasteiger partial charge < -0.3 is 5.73 Å².